The van der Waals surface area contributed by atoms with E-state index in [0.29, 0.717) is 43.4 Å². The number of hydrogen-bond acceptors (Lipinski definition) is 7. The first-order valence-corrected chi connectivity index (χ1v) is 14.3. The first-order chi connectivity index (χ1) is 20.2. The minimum atomic E-state index is -0.957. The largest absolute Gasteiger partial charge is 0.478 e. The van der Waals surface area contributed by atoms with Crippen molar-refractivity contribution >= 4 is 45.9 Å². The van der Waals surface area contributed by atoms with Gasteiger partial charge >= 0.3 is 5.97 Å². The van der Waals surface area contributed by atoms with Crippen LogP contribution in [0.1, 0.15) is 38.7 Å². The molecule has 42 heavy (non-hydrogen) atoms. The Balaban J connectivity index is 0.000000813. The molecule has 2 aromatic carbocycles. The molecule has 0 saturated carbocycles. The quantitative estimate of drug-likeness (QED) is 0.343. The van der Waals surface area contributed by atoms with E-state index in [2.05, 4.69) is 9.88 Å². The third kappa shape index (κ3) is 6.56. The predicted octanol–water partition coefficient (Wildman–Crippen LogP) is 4.76. The van der Waals surface area contributed by atoms with Crippen LogP contribution in [0.25, 0.3) is 11.0 Å². The molecule has 6 rings (SSSR count). The number of anilines is 2. The number of aromatic nitrogens is 3. The fourth-order valence-electron chi connectivity index (χ4n) is 4.90. The van der Waals surface area contributed by atoms with Crippen molar-refractivity contribution in [2.24, 2.45) is 7.05 Å². The summed E-state index contributed by atoms with van der Waals surface area (Å²) in [6.45, 7) is 7.18. The standard InChI is InChI=1S/C28H29ClN6O3.C3H6O/c1-18-4-7-24(21(29)14-18)32(2)20-8-9-30-23(16-20)27(36)35-12-10-34(11-13-35)17-26-31-22-6-5-19(28(37)38)15-25(22)33(26)3;1-2-4-3-1/h4-9,14-16H,10-13,17H2,1-3H3,(H,37,38);1-3H2. The summed E-state index contributed by atoms with van der Waals surface area (Å²) < 4.78 is 6.66. The fraction of sp³-hybridized carbons (Fsp3) is 0.355. The van der Waals surface area contributed by atoms with Gasteiger partial charge in [-0.3, -0.25) is 14.7 Å². The van der Waals surface area contributed by atoms with Gasteiger partial charge in [0.05, 0.1) is 33.9 Å². The second-order valence-electron chi connectivity index (χ2n) is 10.5. The maximum atomic E-state index is 13.3. The number of ether oxygens (including phenoxy) is 1. The molecule has 2 aliphatic rings. The van der Waals surface area contributed by atoms with Gasteiger partial charge in [0, 0.05) is 65.4 Å². The van der Waals surface area contributed by atoms with Crippen molar-refractivity contribution in [3.05, 3.63) is 82.4 Å². The molecule has 1 N–H and O–H groups in total. The van der Waals surface area contributed by atoms with E-state index in [1.165, 1.54) is 6.42 Å². The molecule has 11 heteroatoms. The number of aryl methyl sites for hydroxylation is 2. The third-order valence-electron chi connectivity index (χ3n) is 7.64. The number of piperazine rings is 1. The number of carboxylic acids is 1. The van der Waals surface area contributed by atoms with Crippen LogP contribution < -0.4 is 4.90 Å². The molecule has 2 fully saturated rings. The molecular formula is C31H35ClN6O4. The van der Waals surface area contributed by atoms with Crippen molar-refractivity contribution in [2.45, 2.75) is 19.9 Å². The lowest BCUT2D eigenvalue weighted by atomic mass is 10.2. The molecule has 2 aromatic heterocycles. The monoisotopic (exact) mass is 590 g/mol. The molecule has 4 aromatic rings. The minimum Gasteiger partial charge on any atom is -0.478 e. The zero-order valence-electron chi connectivity index (χ0n) is 24.1. The molecule has 220 valence electrons. The second-order valence-corrected chi connectivity index (χ2v) is 11.0. The number of hydrogen-bond donors (Lipinski definition) is 1. The average Bonchev–Trinajstić information content (AvgIpc) is 3.26. The number of aromatic carboxylic acids is 1. The first kappa shape index (κ1) is 29.5. The molecule has 0 radical (unpaired) electrons. The van der Waals surface area contributed by atoms with Crippen LogP contribution >= 0.6 is 11.6 Å². The summed E-state index contributed by atoms with van der Waals surface area (Å²) in [5, 5.41) is 9.94. The molecule has 2 saturated heterocycles. The molecule has 0 unspecified atom stereocenters. The maximum absolute atomic E-state index is 13.3. The van der Waals surface area contributed by atoms with Crippen LogP contribution in [-0.4, -0.2) is 87.8 Å². The van der Waals surface area contributed by atoms with Gasteiger partial charge in [0.1, 0.15) is 11.5 Å². The summed E-state index contributed by atoms with van der Waals surface area (Å²) in [6.07, 6.45) is 2.93. The number of pyridine rings is 1. The summed E-state index contributed by atoms with van der Waals surface area (Å²) in [5.74, 6) is -0.200. The highest BCUT2D eigenvalue weighted by Crippen LogP contribution is 2.31. The summed E-state index contributed by atoms with van der Waals surface area (Å²) in [5.41, 5.74) is 4.97. The number of fused-ring (bicyclic) bond motifs is 1. The normalized spacial score (nSPS) is 15.1. The molecule has 0 spiro atoms. The second kappa shape index (κ2) is 12.9. The van der Waals surface area contributed by atoms with Crippen molar-refractivity contribution < 1.29 is 19.4 Å². The van der Waals surface area contributed by atoms with Crippen molar-refractivity contribution in [1.29, 1.82) is 0 Å². The van der Waals surface area contributed by atoms with E-state index in [-0.39, 0.29) is 11.5 Å². The van der Waals surface area contributed by atoms with Gasteiger partial charge in [-0.15, -0.1) is 0 Å². The molecule has 0 bridgehead atoms. The van der Waals surface area contributed by atoms with E-state index in [1.54, 1.807) is 30.5 Å². The number of benzene rings is 2. The first-order valence-electron chi connectivity index (χ1n) is 13.9. The van der Waals surface area contributed by atoms with E-state index in [1.807, 2.05) is 59.7 Å². The SMILES string of the molecule is C1COC1.Cc1ccc(N(C)c2ccnc(C(=O)N3CCN(Cc4nc5ccc(C(=O)O)cc5n4C)CC3)c2)c(Cl)c1. The molecule has 0 atom stereocenters. The highest BCUT2D eigenvalue weighted by atomic mass is 35.5. The zero-order valence-corrected chi connectivity index (χ0v) is 24.8. The van der Waals surface area contributed by atoms with Crippen LogP contribution in [0, 0.1) is 6.92 Å². The zero-order chi connectivity index (χ0) is 29.8. The number of carboxylic acid groups (broad SMARTS) is 1. The topological polar surface area (TPSA) is 104 Å². The minimum absolute atomic E-state index is 0.0983. The Labute approximate surface area is 250 Å². The van der Waals surface area contributed by atoms with Gasteiger partial charge in [-0.2, -0.15) is 0 Å². The summed E-state index contributed by atoms with van der Waals surface area (Å²) >= 11 is 6.46. The Hall–Kier alpha value is -3.99. The van der Waals surface area contributed by atoms with Gasteiger partial charge in [0.25, 0.3) is 5.91 Å². The smallest absolute Gasteiger partial charge is 0.335 e. The summed E-state index contributed by atoms with van der Waals surface area (Å²) in [4.78, 5) is 39.7. The predicted molar refractivity (Wildman–Crippen MR) is 163 cm³/mol. The Kier molecular flexibility index (Phi) is 9.06. The van der Waals surface area contributed by atoms with Crippen LogP contribution in [-0.2, 0) is 18.3 Å². The van der Waals surface area contributed by atoms with Gasteiger partial charge in [0.15, 0.2) is 0 Å². The van der Waals surface area contributed by atoms with Crippen molar-refractivity contribution in [2.75, 3.05) is 51.3 Å². The fourth-order valence-corrected chi connectivity index (χ4v) is 5.26. The Morgan fingerprint density at radius 1 is 1.05 bits per heavy atom. The Morgan fingerprint density at radius 3 is 2.40 bits per heavy atom. The summed E-state index contributed by atoms with van der Waals surface area (Å²) in [6, 6.07) is 14.5. The van der Waals surface area contributed by atoms with Gasteiger partial charge in [0.2, 0.25) is 0 Å². The molecule has 4 heterocycles. The van der Waals surface area contributed by atoms with Crippen molar-refractivity contribution in [1.82, 2.24) is 24.3 Å². The number of amides is 1. The van der Waals surface area contributed by atoms with Crippen LogP contribution in [0.5, 0.6) is 0 Å². The molecule has 2 aliphatic heterocycles. The number of halogens is 1. The number of nitrogens with zero attached hydrogens (tertiary/aromatic N) is 6. The highest BCUT2D eigenvalue weighted by molar-refractivity contribution is 6.33. The number of carbonyl (C=O) groups is 2. The molecule has 1 amide bonds. The third-order valence-corrected chi connectivity index (χ3v) is 7.94. The number of imidazole rings is 1. The van der Waals surface area contributed by atoms with E-state index in [0.717, 1.165) is 47.0 Å². The lowest BCUT2D eigenvalue weighted by Crippen LogP contribution is -2.48. The maximum Gasteiger partial charge on any atom is 0.335 e. The van der Waals surface area contributed by atoms with Crippen molar-refractivity contribution in [3.63, 3.8) is 0 Å². The number of carbonyl (C=O) groups excluding carboxylic acids is 1. The highest BCUT2D eigenvalue weighted by Gasteiger charge is 2.25. The number of rotatable bonds is 6. The van der Waals surface area contributed by atoms with E-state index in [9.17, 15) is 14.7 Å². The van der Waals surface area contributed by atoms with E-state index in [4.69, 9.17) is 21.3 Å². The van der Waals surface area contributed by atoms with Gasteiger partial charge < -0.3 is 24.2 Å². The van der Waals surface area contributed by atoms with Gasteiger partial charge in [-0.1, -0.05) is 17.7 Å². The van der Waals surface area contributed by atoms with E-state index >= 15 is 0 Å². The van der Waals surface area contributed by atoms with Crippen molar-refractivity contribution in [3.8, 4) is 0 Å². The lowest BCUT2D eigenvalue weighted by molar-refractivity contribution is 0.0367. The lowest BCUT2D eigenvalue weighted by Gasteiger charge is -2.34. The van der Waals surface area contributed by atoms with Crippen LogP contribution in [0.4, 0.5) is 11.4 Å². The Bertz CT molecular complexity index is 1590. The Morgan fingerprint density at radius 2 is 1.76 bits per heavy atom. The van der Waals surface area contributed by atoms with Crippen LogP contribution in [0.15, 0.2) is 54.7 Å². The average molecular weight is 591 g/mol. The van der Waals surface area contributed by atoms with E-state index < -0.39 is 5.97 Å². The van der Waals surface area contributed by atoms with Gasteiger partial charge in [-0.05, 0) is 61.4 Å². The summed E-state index contributed by atoms with van der Waals surface area (Å²) in [7, 11) is 3.82. The molecular weight excluding hydrogens is 556 g/mol. The van der Waals surface area contributed by atoms with Gasteiger partial charge in [-0.25, -0.2) is 9.78 Å². The molecule has 0 aliphatic carbocycles. The van der Waals surface area contributed by atoms with Crippen LogP contribution in [0.2, 0.25) is 5.02 Å². The molecule has 10 nitrogen and oxygen atoms in total. The van der Waals surface area contributed by atoms with Crippen LogP contribution in [0.3, 0.4) is 0 Å².